The molecule has 4 N–H and O–H groups in total. The van der Waals surface area contributed by atoms with Crippen LogP contribution in [-0.2, 0) is 15.2 Å². The van der Waals surface area contributed by atoms with E-state index in [1.807, 2.05) is 0 Å². The van der Waals surface area contributed by atoms with Gasteiger partial charge in [0.05, 0.1) is 23.9 Å². The number of carbonyl (C=O) groups excluding carboxylic acids is 3. The van der Waals surface area contributed by atoms with Crippen molar-refractivity contribution in [2.45, 2.75) is 18.9 Å². The van der Waals surface area contributed by atoms with E-state index in [2.05, 4.69) is 16.0 Å². The first-order chi connectivity index (χ1) is 12.8. The number of rotatable bonds is 4. The number of nitriles is 1. The molecule has 0 aromatic heterocycles. The zero-order valence-electron chi connectivity index (χ0n) is 14.4. The lowest BCUT2D eigenvalue weighted by molar-refractivity contribution is -0.133. The molecule has 1 aliphatic heterocycles. The maximum absolute atomic E-state index is 12.4. The number of amides is 3. The summed E-state index contributed by atoms with van der Waals surface area (Å²) in [5, 5.41) is 27.4. The molecule has 1 atom stereocenters. The molecule has 2 aromatic carbocycles. The van der Waals surface area contributed by atoms with Crippen LogP contribution in [-0.4, -0.2) is 22.8 Å². The number of hydrogen-bond acceptors (Lipinski definition) is 5. The van der Waals surface area contributed by atoms with Gasteiger partial charge in [0.2, 0.25) is 5.91 Å². The second kappa shape index (κ2) is 6.90. The van der Waals surface area contributed by atoms with Crippen molar-refractivity contribution in [1.82, 2.24) is 0 Å². The average molecular weight is 364 g/mol. The van der Waals surface area contributed by atoms with E-state index in [-0.39, 0.29) is 22.6 Å². The highest BCUT2D eigenvalue weighted by atomic mass is 16.3. The molecule has 0 aliphatic carbocycles. The van der Waals surface area contributed by atoms with Crippen molar-refractivity contribution in [3.8, 4) is 6.07 Å². The number of nitrogens with zero attached hydrogens (tertiary/aromatic N) is 1. The zero-order chi connectivity index (χ0) is 19.6. The lowest BCUT2D eigenvalue weighted by Gasteiger charge is -2.19. The number of carbonyl (C=O) groups is 3. The highest BCUT2D eigenvalue weighted by Gasteiger charge is 2.46. The maximum atomic E-state index is 12.4. The summed E-state index contributed by atoms with van der Waals surface area (Å²) in [6.07, 6.45) is -0.471. The van der Waals surface area contributed by atoms with Crippen LogP contribution in [0.2, 0.25) is 0 Å². The molecule has 1 heterocycles. The van der Waals surface area contributed by atoms with Gasteiger partial charge in [0.1, 0.15) is 0 Å². The first kappa shape index (κ1) is 18.1. The van der Waals surface area contributed by atoms with Crippen LogP contribution >= 0.6 is 0 Å². The fourth-order valence-corrected chi connectivity index (χ4v) is 2.89. The van der Waals surface area contributed by atoms with Crippen molar-refractivity contribution < 1.29 is 19.5 Å². The van der Waals surface area contributed by atoms with E-state index in [4.69, 9.17) is 5.26 Å². The molecule has 2 aromatic rings. The third kappa shape index (κ3) is 3.36. The highest BCUT2D eigenvalue weighted by Crippen LogP contribution is 2.44. The summed E-state index contributed by atoms with van der Waals surface area (Å²) in [6, 6.07) is 13.1. The van der Waals surface area contributed by atoms with Crippen molar-refractivity contribution in [1.29, 1.82) is 5.26 Å². The summed E-state index contributed by atoms with van der Waals surface area (Å²) >= 11 is 0. The van der Waals surface area contributed by atoms with Crippen molar-refractivity contribution in [3.63, 3.8) is 0 Å². The van der Waals surface area contributed by atoms with Crippen LogP contribution in [0, 0.1) is 11.3 Å². The van der Waals surface area contributed by atoms with Gasteiger partial charge in [0, 0.05) is 23.7 Å². The summed E-state index contributed by atoms with van der Waals surface area (Å²) in [5.74, 6) is -1.56. The van der Waals surface area contributed by atoms with Crippen molar-refractivity contribution in [2.75, 3.05) is 16.0 Å². The van der Waals surface area contributed by atoms with Crippen LogP contribution in [0.1, 0.15) is 29.3 Å². The molecule has 1 aliphatic rings. The first-order valence-electron chi connectivity index (χ1n) is 8.08. The lowest BCUT2D eigenvalue weighted by Crippen LogP contribution is -2.33. The third-order valence-corrected chi connectivity index (χ3v) is 4.14. The fourth-order valence-electron chi connectivity index (χ4n) is 2.89. The SMILES string of the molecule is CC(=O)Nc1cc(NC(=O)c2ccccc2)cc2c1NC(=O)C2(O)CC#N. The number of hydrogen-bond donors (Lipinski definition) is 4. The minimum absolute atomic E-state index is 0.115. The Morgan fingerprint density at radius 2 is 1.93 bits per heavy atom. The molecule has 0 radical (unpaired) electrons. The molecule has 0 saturated heterocycles. The molecule has 0 bridgehead atoms. The zero-order valence-corrected chi connectivity index (χ0v) is 14.4. The van der Waals surface area contributed by atoms with Crippen LogP contribution in [0.15, 0.2) is 42.5 Å². The fraction of sp³-hybridized carbons (Fsp3) is 0.158. The van der Waals surface area contributed by atoms with Gasteiger partial charge in [-0.25, -0.2) is 0 Å². The molecule has 0 fully saturated rings. The molecule has 8 nitrogen and oxygen atoms in total. The van der Waals surface area contributed by atoms with Gasteiger partial charge in [-0.05, 0) is 24.3 Å². The van der Waals surface area contributed by atoms with Gasteiger partial charge < -0.3 is 21.1 Å². The molecular formula is C19H16N4O4. The summed E-state index contributed by atoms with van der Waals surface area (Å²) in [5.41, 5.74) is -0.857. The summed E-state index contributed by atoms with van der Waals surface area (Å²) in [6.45, 7) is 1.29. The number of nitrogens with one attached hydrogen (secondary N) is 3. The smallest absolute Gasteiger partial charge is 0.262 e. The Morgan fingerprint density at radius 3 is 2.56 bits per heavy atom. The first-order valence-corrected chi connectivity index (χ1v) is 8.08. The minimum atomic E-state index is -2.06. The van der Waals surface area contributed by atoms with Crippen molar-refractivity contribution in [2.24, 2.45) is 0 Å². The summed E-state index contributed by atoms with van der Waals surface area (Å²) in [7, 11) is 0. The van der Waals surface area contributed by atoms with E-state index in [0.717, 1.165) is 0 Å². The molecular weight excluding hydrogens is 348 g/mol. The Hall–Kier alpha value is -3.70. The summed E-state index contributed by atoms with van der Waals surface area (Å²) < 4.78 is 0. The van der Waals surface area contributed by atoms with Gasteiger partial charge in [0.15, 0.2) is 5.60 Å². The molecule has 3 rings (SSSR count). The topological polar surface area (TPSA) is 131 Å². The Morgan fingerprint density at radius 1 is 1.22 bits per heavy atom. The van der Waals surface area contributed by atoms with Crippen molar-refractivity contribution in [3.05, 3.63) is 53.6 Å². The van der Waals surface area contributed by atoms with Gasteiger partial charge in [0.25, 0.3) is 11.8 Å². The van der Waals surface area contributed by atoms with E-state index in [9.17, 15) is 19.5 Å². The Labute approximate surface area is 154 Å². The second-order valence-electron chi connectivity index (χ2n) is 6.10. The van der Waals surface area contributed by atoms with Gasteiger partial charge in [-0.3, -0.25) is 14.4 Å². The van der Waals surface area contributed by atoms with E-state index >= 15 is 0 Å². The Bertz CT molecular complexity index is 981. The van der Waals surface area contributed by atoms with Gasteiger partial charge in [-0.2, -0.15) is 5.26 Å². The van der Waals surface area contributed by atoms with Crippen LogP contribution in [0.4, 0.5) is 17.1 Å². The number of fused-ring (bicyclic) bond motifs is 1. The molecule has 27 heavy (non-hydrogen) atoms. The van der Waals surface area contributed by atoms with Crippen molar-refractivity contribution >= 4 is 34.8 Å². The van der Waals surface area contributed by atoms with E-state index in [0.29, 0.717) is 5.56 Å². The predicted octanol–water partition coefficient (Wildman–Crippen LogP) is 1.95. The largest absolute Gasteiger partial charge is 0.374 e. The van der Waals surface area contributed by atoms with Crippen LogP contribution in [0.5, 0.6) is 0 Å². The van der Waals surface area contributed by atoms with E-state index in [1.165, 1.54) is 19.1 Å². The highest BCUT2D eigenvalue weighted by molar-refractivity contribution is 6.12. The predicted molar refractivity (Wildman–Crippen MR) is 97.9 cm³/mol. The van der Waals surface area contributed by atoms with Crippen LogP contribution in [0.3, 0.4) is 0 Å². The van der Waals surface area contributed by atoms with Gasteiger partial charge in [-0.15, -0.1) is 0 Å². The number of anilines is 3. The number of aliphatic hydroxyl groups is 1. The normalized spacial score (nSPS) is 17.4. The minimum Gasteiger partial charge on any atom is -0.374 e. The monoisotopic (exact) mass is 364 g/mol. The van der Waals surface area contributed by atoms with Crippen LogP contribution < -0.4 is 16.0 Å². The van der Waals surface area contributed by atoms with Crippen LogP contribution in [0.25, 0.3) is 0 Å². The second-order valence-corrected chi connectivity index (χ2v) is 6.10. The quantitative estimate of drug-likeness (QED) is 0.658. The molecule has 1 unspecified atom stereocenters. The van der Waals surface area contributed by atoms with E-state index in [1.54, 1.807) is 36.4 Å². The Balaban J connectivity index is 2.05. The maximum Gasteiger partial charge on any atom is 0.262 e. The Kier molecular flexibility index (Phi) is 4.62. The average Bonchev–Trinajstić information content (AvgIpc) is 2.87. The molecule has 136 valence electrons. The molecule has 0 spiro atoms. The number of benzene rings is 2. The lowest BCUT2D eigenvalue weighted by atomic mass is 9.91. The molecule has 8 heteroatoms. The summed E-state index contributed by atoms with van der Waals surface area (Å²) in [4.78, 5) is 36.1. The molecule has 3 amide bonds. The van der Waals surface area contributed by atoms with E-state index < -0.39 is 29.7 Å². The van der Waals surface area contributed by atoms with Gasteiger partial charge >= 0.3 is 0 Å². The third-order valence-electron chi connectivity index (χ3n) is 4.14. The van der Waals surface area contributed by atoms with Gasteiger partial charge in [-0.1, -0.05) is 18.2 Å². The molecule has 0 saturated carbocycles. The standard InChI is InChI=1S/C19H16N4O4/c1-11(24)21-15-10-13(22-17(25)12-5-3-2-4-6-12)9-14-16(15)23-18(26)19(14,27)7-8-20/h2-6,9-10,27H,7H2,1H3,(H,21,24)(H,22,25)(H,23,26).